The number of aromatic nitrogens is 5. The summed E-state index contributed by atoms with van der Waals surface area (Å²) in [5.41, 5.74) is 2.18. The number of carbonyl (C=O) groups excluding carboxylic acids is 1. The van der Waals surface area contributed by atoms with Crippen molar-refractivity contribution >= 4 is 34.5 Å². The highest BCUT2D eigenvalue weighted by Crippen LogP contribution is 2.28. The van der Waals surface area contributed by atoms with Crippen LogP contribution in [0.1, 0.15) is 23.0 Å². The van der Waals surface area contributed by atoms with E-state index >= 15 is 0 Å². The Bertz CT molecular complexity index is 1050. The maximum absolute atomic E-state index is 12.7. The largest absolute Gasteiger partial charge is 0.395 e. The molecule has 0 aliphatic rings. The maximum atomic E-state index is 12.7. The lowest BCUT2D eigenvalue weighted by molar-refractivity contribution is 0.0939. The number of hydrogen-bond donors (Lipinski definition) is 3. The summed E-state index contributed by atoms with van der Waals surface area (Å²) in [4.78, 5) is 28.0. The third kappa shape index (κ3) is 5.25. The van der Waals surface area contributed by atoms with Gasteiger partial charge in [-0.1, -0.05) is 0 Å². The number of amides is 1. The van der Waals surface area contributed by atoms with E-state index in [9.17, 15) is 4.79 Å². The molecule has 0 saturated carbocycles. The number of anilines is 3. The molecule has 3 heterocycles. The van der Waals surface area contributed by atoms with E-state index in [1.165, 1.54) is 0 Å². The van der Waals surface area contributed by atoms with Crippen molar-refractivity contribution in [1.82, 2.24) is 30.0 Å². The van der Waals surface area contributed by atoms with E-state index in [0.717, 1.165) is 5.56 Å². The van der Waals surface area contributed by atoms with Gasteiger partial charge in [-0.15, -0.1) is 0 Å². The zero-order chi connectivity index (χ0) is 22.4. The average molecular weight is 428 g/mol. The van der Waals surface area contributed by atoms with Crippen LogP contribution in [-0.4, -0.2) is 76.2 Å². The summed E-state index contributed by atoms with van der Waals surface area (Å²) >= 11 is 0. The molecule has 0 fully saturated rings. The van der Waals surface area contributed by atoms with E-state index in [4.69, 9.17) is 9.84 Å². The van der Waals surface area contributed by atoms with E-state index < -0.39 is 5.91 Å². The standard InChI is InChI=1S/C20H28N8O3/c1-5-31-11-9-28-17-15(16(26-28)19(30)22-8-10-29)24-20(27(3)4)25-18(17)23-14-12-13(2)6-7-21-14/h6-7,12,29H,5,8-11H2,1-4H3,(H,22,30)(H,21,23,24,25). The Morgan fingerprint density at radius 3 is 2.81 bits per heavy atom. The number of aliphatic hydroxyl groups is 1. The Labute approximate surface area is 180 Å². The van der Waals surface area contributed by atoms with Gasteiger partial charge in [0.25, 0.3) is 5.91 Å². The lowest BCUT2D eigenvalue weighted by Crippen LogP contribution is -2.27. The van der Waals surface area contributed by atoms with Gasteiger partial charge in [-0.2, -0.15) is 10.1 Å². The highest BCUT2D eigenvalue weighted by Gasteiger charge is 2.24. The monoisotopic (exact) mass is 428 g/mol. The van der Waals surface area contributed by atoms with Gasteiger partial charge in [0, 0.05) is 33.4 Å². The smallest absolute Gasteiger partial charge is 0.274 e. The zero-order valence-electron chi connectivity index (χ0n) is 18.2. The van der Waals surface area contributed by atoms with Crippen LogP contribution >= 0.6 is 0 Å². The highest BCUT2D eigenvalue weighted by atomic mass is 16.5. The zero-order valence-corrected chi connectivity index (χ0v) is 18.2. The molecule has 0 radical (unpaired) electrons. The number of pyridine rings is 1. The predicted molar refractivity (Wildman–Crippen MR) is 118 cm³/mol. The summed E-state index contributed by atoms with van der Waals surface area (Å²) in [6.07, 6.45) is 1.71. The number of carbonyl (C=O) groups is 1. The molecule has 0 unspecified atom stereocenters. The quantitative estimate of drug-likeness (QED) is 0.406. The number of ether oxygens (including phenoxy) is 1. The molecule has 3 aromatic heterocycles. The molecule has 0 aliphatic carbocycles. The van der Waals surface area contributed by atoms with E-state index in [0.29, 0.717) is 48.4 Å². The summed E-state index contributed by atoms with van der Waals surface area (Å²) in [5, 5.41) is 19.5. The third-order valence-electron chi connectivity index (χ3n) is 4.40. The van der Waals surface area contributed by atoms with Gasteiger partial charge in [0.05, 0.1) is 19.8 Å². The molecule has 0 aliphatic heterocycles. The first-order valence-corrected chi connectivity index (χ1v) is 10.1. The van der Waals surface area contributed by atoms with Crippen LogP contribution in [0.3, 0.4) is 0 Å². The number of aryl methyl sites for hydroxylation is 1. The summed E-state index contributed by atoms with van der Waals surface area (Å²) in [5.74, 6) is 1.10. The van der Waals surface area contributed by atoms with Crippen LogP contribution in [0.5, 0.6) is 0 Å². The normalized spacial score (nSPS) is 11.0. The van der Waals surface area contributed by atoms with Gasteiger partial charge in [0.2, 0.25) is 5.95 Å². The molecule has 31 heavy (non-hydrogen) atoms. The second-order valence-electron chi connectivity index (χ2n) is 7.06. The SMILES string of the molecule is CCOCCn1nc(C(=O)NCCO)c2nc(N(C)C)nc(Nc3cc(C)ccn3)c21. The van der Waals surface area contributed by atoms with Crippen LogP contribution < -0.4 is 15.5 Å². The van der Waals surface area contributed by atoms with Crippen LogP contribution in [0.2, 0.25) is 0 Å². The van der Waals surface area contributed by atoms with Crippen molar-refractivity contribution in [3.63, 3.8) is 0 Å². The molecule has 0 aromatic carbocycles. The van der Waals surface area contributed by atoms with Gasteiger partial charge in [-0.25, -0.2) is 9.97 Å². The van der Waals surface area contributed by atoms with Gasteiger partial charge in [0.1, 0.15) is 16.9 Å². The van der Waals surface area contributed by atoms with E-state index in [2.05, 4.69) is 30.7 Å². The van der Waals surface area contributed by atoms with Crippen LogP contribution in [-0.2, 0) is 11.3 Å². The molecule has 0 bridgehead atoms. The topological polar surface area (TPSA) is 130 Å². The van der Waals surface area contributed by atoms with Gasteiger partial charge >= 0.3 is 0 Å². The molecule has 1 amide bonds. The van der Waals surface area contributed by atoms with Crippen molar-refractivity contribution in [1.29, 1.82) is 0 Å². The second kappa shape index (κ2) is 10.1. The maximum Gasteiger partial charge on any atom is 0.274 e. The molecule has 166 valence electrons. The van der Waals surface area contributed by atoms with Crippen molar-refractivity contribution in [3.05, 3.63) is 29.6 Å². The first-order valence-electron chi connectivity index (χ1n) is 10.1. The first kappa shape index (κ1) is 22.4. The van der Waals surface area contributed by atoms with Gasteiger partial charge < -0.3 is 25.4 Å². The van der Waals surface area contributed by atoms with Crippen LogP contribution in [0.25, 0.3) is 11.0 Å². The Kier molecular flexibility index (Phi) is 7.32. The molecule has 3 rings (SSSR count). The molecule has 3 aromatic rings. The van der Waals surface area contributed by atoms with Crippen molar-refractivity contribution in [3.8, 4) is 0 Å². The Balaban J connectivity index is 2.16. The predicted octanol–water partition coefficient (Wildman–Crippen LogP) is 1.10. The van der Waals surface area contributed by atoms with Gasteiger partial charge in [-0.05, 0) is 31.5 Å². The number of nitrogens with zero attached hydrogens (tertiary/aromatic N) is 6. The van der Waals surface area contributed by atoms with E-state index in [1.807, 2.05) is 40.1 Å². The number of nitrogens with one attached hydrogen (secondary N) is 2. The first-order chi connectivity index (χ1) is 14.9. The van der Waals surface area contributed by atoms with E-state index in [-0.39, 0.29) is 18.8 Å². The number of fused-ring (bicyclic) bond motifs is 1. The van der Waals surface area contributed by atoms with Gasteiger partial charge in [-0.3, -0.25) is 9.48 Å². The van der Waals surface area contributed by atoms with Crippen molar-refractivity contribution in [2.45, 2.75) is 20.4 Å². The average Bonchev–Trinajstić information content (AvgIpc) is 3.11. The Morgan fingerprint density at radius 2 is 2.13 bits per heavy atom. The van der Waals surface area contributed by atoms with Crippen molar-refractivity contribution in [2.24, 2.45) is 0 Å². The molecular formula is C20H28N8O3. The highest BCUT2D eigenvalue weighted by molar-refractivity contribution is 6.06. The van der Waals surface area contributed by atoms with Crippen molar-refractivity contribution in [2.75, 3.05) is 50.7 Å². The van der Waals surface area contributed by atoms with Crippen LogP contribution in [0.15, 0.2) is 18.3 Å². The fraction of sp³-hybridized carbons (Fsp3) is 0.450. The minimum absolute atomic E-state index is 0.121. The van der Waals surface area contributed by atoms with Crippen LogP contribution in [0, 0.1) is 6.92 Å². The fourth-order valence-electron chi connectivity index (χ4n) is 2.95. The molecule has 0 spiro atoms. The molecule has 0 saturated heterocycles. The Morgan fingerprint density at radius 1 is 1.32 bits per heavy atom. The molecule has 3 N–H and O–H groups in total. The molecule has 11 nitrogen and oxygen atoms in total. The second-order valence-corrected chi connectivity index (χ2v) is 7.06. The minimum Gasteiger partial charge on any atom is -0.395 e. The Hall–Kier alpha value is -3.31. The summed E-state index contributed by atoms with van der Waals surface area (Å²) < 4.78 is 7.14. The minimum atomic E-state index is -0.419. The molecule has 0 atom stereocenters. The lowest BCUT2D eigenvalue weighted by Gasteiger charge is -2.14. The van der Waals surface area contributed by atoms with Gasteiger partial charge in [0.15, 0.2) is 11.5 Å². The summed E-state index contributed by atoms with van der Waals surface area (Å²) in [7, 11) is 3.64. The van der Waals surface area contributed by atoms with Crippen molar-refractivity contribution < 1.29 is 14.6 Å². The molecular weight excluding hydrogens is 400 g/mol. The van der Waals surface area contributed by atoms with E-state index in [1.54, 1.807) is 15.8 Å². The van der Waals surface area contributed by atoms with Crippen LogP contribution in [0.4, 0.5) is 17.6 Å². The number of aliphatic hydroxyl groups excluding tert-OH is 1. The number of hydrogen-bond acceptors (Lipinski definition) is 9. The summed E-state index contributed by atoms with van der Waals surface area (Å²) in [6.45, 7) is 5.25. The third-order valence-corrected chi connectivity index (χ3v) is 4.40. The lowest BCUT2D eigenvalue weighted by atomic mass is 10.3. The fourth-order valence-corrected chi connectivity index (χ4v) is 2.95. The molecule has 11 heteroatoms. The number of rotatable bonds is 10. The summed E-state index contributed by atoms with van der Waals surface area (Å²) in [6, 6.07) is 3.81.